The van der Waals surface area contributed by atoms with Crippen LogP contribution >= 0.6 is 0 Å². The number of nitrogens with one attached hydrogen (secondary N) is 4. The first kappa shape index (κ1) is 81.6. The van der Waals surface area contributed by atoms with Gasteiger partial charge in [0, 0.05) is 76.5 Å². The van der Waals surface area contributed by atoms with Crippen LogP contribution in [0.3, 0.4) is 0 Å². The second-order valence-electron chi connectivity index (χ2n) is 25.7. The summed E-state index contributed by atoms with van der Waals surface area (Å²) in [4.78, 5) is 86.8. The van der Waals surface area contributed by atoms with Crippen molar-refractivity contribution in [2.45, 2.75) is 121 Å². The maximum Gasteiger partial charge on any atom is 0.235 e. The van der Waals surface area contributed by atoms with E-state index in [4.69, 9.17) is 22.9 Å². The molecule has 0 aromatic heterocycles. The van der Waals surface area contributed by atoms with Gasteiger partial charge in [-0.05, 0) is 111 Å². The molecule has 5 aromatic carbocycles. The minimum absolute atomic E-state index is 0.0105. The molecule has 26 heteroatoms. The van der Waals surface area contributed by atoms with Gasteiger partial charge in [-0.3, -0.25) is 28.8 Å². The molecule has 0 bridgehead atoms. The van der Waals surface area contributed by atoms with Crippen LogP contribution in [0, 0.1) is 23.7 Å². The summed E-state index contributed by atoms with van der Waals surface area (Å²) in [6, 6.07) is 41.3. The molecule has 0 fully saturated rings. The summed E-state index contributed by atoms with van der Waals surface area (Å²) in [6.07, 6.45) is 3.53. The number of nitrogens with zero attached hydrogens (tertiary/aromatic N) is 3. The van der Waals surface area contributed by atoms with Crippen molar-refractivity contribution in [3.05, 3.63) is 179 Å². The quantitative estimate of drug-likeness (QED) is 0.0252. The molecule has 5 rings (SSSR count). The maximum atomic E-state index is 15.3. The van der Waals surface area contributed by atoms with E-state index in [1.807, 2.05) is 26.0 Å². The second kappa shape index (κ2) is 42.8. The maximum absolute atomic E-state index is 15.3. The number of carbonyl (C=O) groups excluding carboxylic acids is 6. The molecule has 0 saturated heterocycles. The molecule has 0 aliphatic carbocycles. The van der Waals surface area contributed by atoms with Gasteiger partial charge in [0.05, 0.1) is 42.9 Å². The van der Waals surface area contributed by atoms with E-state index in [-0.39, 0.29) is 82.6 Å². The largest absolute Gasteiger partial charge is 0.358 e. The molecular formula is C72H105N11O12S3. The minimum Gasteiger partial charge on any atom is -0.358 e. The van der Waals surface area contributed by atoms with Crippen molar-refractivity contribution in [3.8, 4) is 0 Å². The molecule has 0 heterocycles. The molecule has 23 nitrogen and oxygen atoms in total. The van der Waals surface area contributed by atoms with Gasteiger partial charge >= 0.3 is 0 Å². The van der Waals surface area contributed by atoms with Crippen LogP contribution < -0.4 is 44.2 Å². The molecule has 6 unspecified atom stereocenters. The highest BCUT2D eigenvalue weighted by Crippen LogP contribution is 2.24. The van der Waals surface area contributed by atoms with Crippen LogP contribution in [-0.4, -0.2) is 175 Å². The number of carbonyl (C=O) groups is 6. The van der Waals surface area contributed by atoms with Gasteiger partial charge < -0.3 is 44.2 Å². The third kappa shape index (κ3) is 29.8. The van der Waals surface area contributed by atoms with Gasteiger partial charge in [-0.1, -0.05) is 178 Å². The molecule has 0 spiro atoms. The smallest absolute Gasteiger partial charge is 0.235 e. The van der Waals surface area contributed by atoms with Crippen LogP contribution in [0.15, 0.2) is 152 Å². The van der Waals surface area contributed by atoms with Gasteiger partial charge in [0.1, 0.15) is 5.78 Å². The number of likely N-dealkylation sites (N-methyl/N-ethyl adjacent to an activating group) is 1. The Balaban J connectivity index is 1.50. The van der Waals surface area contributed by atoms with Crippen LogP contribution in [0.4, 0.5) is 0 Å². The highest BCUT2D eigenvalue weighted by atomic mass is 32.2. The van der Waals surface area contributed by atoms with E-state index in [1.165, 1.54) is 7.05 Å². The number of unbranched alkanes of at least 4 members (excludes halogenated alkanes) is 2. The van der Waals surface area contributed by atoms with Gasteiger partial charge in [0.15, 0.2) is 5.78 Å². The van der Waals surface area contributed by atoms with Crippen molar-refractivity contribution < 1.29 is 54.0 Å². The lowest BCUT2D eigenvalue weighted by Gasteiger charge is -2.30. The molecule has 0 saturated carbocycles. The van der Waals surface area contributed by atoms with Crippen LogP contribution in [0.1, 0.15) is 99.5 Å². The standard InChI is InChI=1S/C72H105N11O12S3/c1-55(2)41-62(33-19-21-35-73)71(88)78-64(34-20-22-36-74)49-83(98(94,95)54-60-31-17-8-18-32-60)53-70(87)80-67(45-59-29-15-7-16-30-59)68(85)46-61(42-56-23-9-4-10-24-56)48-81(96(90,91)39-37-75)51-66(84)47-63(43-57-25-11-5-12-26-57)72(89)79-65(44-58-27-13-6-14-28-58)50-82(52-69(86)77-3)97(92,93)40-38-76/h4-18,23-32,55,61-65,67H,19-22,33-54,73-76H2,1-3H3,(H,77,86)(H,78,88)(H,79,89)(H,80,87). The SMILES string of the molecule is CNC(=O)CN(CC(Cc1ccccc1)NC(=O)C(CC(=O)CN(CC(CC(=O)C(Cc1ccccc1)NC(=O)CN(CC(CCCCN)NC(=O)C(CCCCN)CC(C)C)S(=O)(=O)Cc1ccccc1)Cc1ccccc1)S(=O)(=O)CCN)Cc1ccccc1)S(=O)(=O)CCN. The summed E-state index contributed by atoms with van der Waals surface area (Å²) < 4.78 is 88.9. The fraction of sp³-hybridized carbons (Fsp3) is 0.500. The Morgan fingerprint density at radius 2 is 0.857 bits per heavy atom. The Hall–Kier alpha value is -7.11. The van der Waals surface area contributed by atoms with Gasteiger partial charge in [-0.25, -0.2) is 25.3 Å². The molecule has 538 valence electrons. The zero-order valence-electron chi connectivity index (χ0n) is 57.1. The predicted octanol–water partition coefficient (Wildman–Crippen LogP) is 4.24. The van der Waals surface area contributed by atoms with Gasteiger partial charge in [0.25, 0.3) is 0 Å². The summed E-state index contributed by atoms with van der Waals surface area (Å²) in [5, 5.41) is 11.5. The molecule has 12 N–H and O–H groups in total. The zero-order valence-corrected chi connectivity index (χ0v) is 59.6. The van der Waals surface area contributed by atoms with E-state index in [2.05, 4.69) is 21.3 Å². The second-order valence-corrected chi connectivity index (χ2v) is 31.8. The summed E-state index contributed by atoms with van der Waals surface area (Å²) >= 11 is 0. The van der Waals surface area contributed by atoms with Crippen molar-refractivity contribution in [3.63, 3.8) is 0 Å². The highest BCUT2D eigenvalue weighted by Gasteiger charge is 2.36. The van der Waals surface area contributed by atoms with Crippen LogP contribution in [-0.2, 0) is 90.3 Å². The molecule has 98 heavy (non-hydrogen) atoms. The molecule has 0 aliphatic heterocycles. The lowest BCUT2D eigenvalue weighted by molar-refractivity contribution is -0.130. The van der Waals surface area contributed by atoms with Crippen LogP contribution in [0.25, 0.3) is 0 Å². The number of rotatable bonds is 49. The van der Waals surface area contributed by atoms with Crippen molar-refractivity contribution >= 4 is 65.3 Å². The highest BCUT2D eigenvalue weighted by molar-refractivity contribution is 7.89. The van der Waals surface area contributed by atoms with Gasteiger partial charge in [-0.15, -0.1) is 0 Å². The summed E-state index contributed by atoms with van der Waals surface area (Å²) in [6.45, 7) is 1.32. The number of hydrogen-bond acceptors (Lipinski definition) is 16. The monoisotopic (exact) mass is 1410 g/mol. The van der Waals surface area contributed by atoms with E-state index < -0.39 is 133 Å². The number of amides is 4. The Kier molecular flexibility index (Phi) is 35.6. The van der Waals surface area contributed by atoms with E-state index in [0.717, 1.165) is 36.9 Å². The Labute approximate surface area is 581 Å². The van der Waals surface area contributed by atoms with E-state index >= 15 is 4.79 Å². The van der Waals surface area contributed by atoms with E-state index in [0.29, 0.717) is 61.9 Å². The number of sulfonamides is 3. The first-order valence-corrected chi connectivity index (χ1v) is 38.8. The topological polar surface area (TPSA) is 367 Å². The lowest BCUT2D eigenvalue weighted by atomic mass is 9.90. The van der Waals surface area contributed by atoms with Crippen LogP contribution in [0.5, 0.6) is 0 Å². The Morgan fingerprint density at radius 3 is 1.36 bits per heavy atom. The molecule has 0 aliphatic rings. The fourth-order valence-electron chi connectivity index (χ4n) is 11.9. The lowest BCUT2D eigenvalue weighted by Crippen LogP contribution is -2.52. The first-order chi connectivity index (χ1) is 46.9. The molecular weight excluding hydrogens is 1310 g/mol. The third-order valence-corrected chi connectivity index (χ3v) is 22.3. The average Bonchev–Trinajstić information content (AvgIpc) is 0.870. The predicted molar refractivity (Wildman–Crippen MR) is 385 cm³/mol. The molecule has 0 radical (unpaired) electrons. The summed E-state index contributed by atoms with van der Waals surface area (Å²) in [5.41, 5.74) is 26.6. The third-order valence-electron chi connectivity index (χ3n) is 16.9. The first-order valence-electron chi connectivity index (χ1n) is 34.0. The van der Waals surface area contributed by atoms with Gasteiger partial charge in [-0.2, -0.15) is 12.9 Å². The number of benzene rings is 5. The van der Waals surface area contributed by atoms with E-state index in [9.17, 15) is 49.2 Å². The van der Waals surface area contributed by atoms with Crippen molar-refractivity contribution in [2.24, 2.45) is 46.6 Å². The molecule has 4 amide bonds. The summed E-state index contributed by atoms with van der Waals surface area (Å²) in [5.74, 6) is -7.14. The number of Topliss-reactive ketones (excluding diaryl/α,β-unsaturated/α-hetero) is 2. The Morgan fingerprint density at radius 1 is 0.429 bits per heavy atom. The number of hydrogen-bond donors (Lipinski definition) is 8. The minimum atomic E-state index is -4.38. The summed E-state index contributed by atoms with van der Waals surface area (Å²) in [7, 11) is -11.5. The number of ketones is 2. The fourth-order valence-corrected chi connectivity index (χ4v) is 16.1. The van der Waals surface area contributed by atoms with E-state index in [1.54, 1.807) is 140 Å². The average molecular weight is 1410 g/mol. The molecule has 5 aromatic rings. The van der Waals surface area contributed by atoms with Crippen molar-refractivity contribution in [2.75, 3.05) is 84.0 Å². The Bertz CT molecular complexity index is 3570. The molecule has 6 atom stereocenters. The van der Waals surface area contributed by atoms with Crippen molar-refractivity contribution in [1.82, 2.24) is 34.2 Å². The van der Waals surface area contributed by atoms with Crippen molar-refractivity contribution in [1.29, 1.82) is 0 Å². The number of nitrogens with two attached hydrogens (primary N) is 4. The zero-order chi connectivity index (χ0) is 71.5. The normalized spacial score (nSPS) is 13.9. The van der Waals surface area contributed by atoms with Gasteiger partial charge in [0.2, 0.25) is 53.7 Å². The van der Waals surface area contributed by atoms with Crippen LogP contribution in [0.2, 0.25) is 0 Å².